The van der Waals surface area contributed by atoms with Crippen molar-refractivity contribution in [2.45, 2.75) is 19.4 Å². The monoisotopic (exact) mass is 245 g/mol. The highest BCUT2D eigenvalue weighted by Crippen LogP contribution is 2.43. The second kappa shape index (κ2) is 3.41. The molecule has 6 nitrogen and oxygen atoms in total. The Bertz CT molecular complexity index is 589. The average molecular weight is 245 g/mol. The van der Waals surface area contributed by atoms with Gasteiger partial charge in [0.2, 0.25) is 0 Å². The molecule has 0 bridgehead atoms. The van der Waals surface area contributed by atoms with Crippen LogP contribution in [0.15, 0.2) is 12.7 Å². The van der Waals surface area contributed by atoms with Crippen molar-refractivity contribution >= 4 is 17.0 Å². The fourth-order valence-electron chi connectivity index (χ4n) is 3.17. The molecular formula is C12H15N5O. The molecule has 4 heterocycles. The summed E-state index contributed by atoms with van der Waals surface area (Å²) < 4.78 is 5.69. The molecule has 1 spiro atoms. The third kappa shape index (κ3) is 1.35. The van der Waals surface area contributed by atoms with E-state index >= 15 is 0 Å². The van der Waals surface area contributed by atoms with Gasteiger partial charge in [0.05, 0.1) is 19.0 Å². The number of nitrogens with zero attached hydrogens (tertiary/aromatic N) is 4. The Hall–Kier alpha value is -1.69. The normalized spacial score (nSPS) is 25.8. The standard InChI is InChI=1S/C12H15N5O/c1-8-2-12(5-18-8)3-17(4-12)11-9-10(14-6-13-9)15-7-16-11/h6-8H,2-5H2,1H3,(H,13,14,15,16). The average Bonchev–Trinajstić information content (AvgIpc) is 2.92. The van der Waals surface area contributed by atoms with Gasteiger partial charge < -0.3 is 14.6 Å². The van der Waals surface area contributed by atoms with Gasteiger partial charge in [-0.05, 0) is 13.3 Å². The van der Waals surface area contributed by atoms with Gasteiger partial charge in [0.25, 0.3) is 0 Å². The molecule has 18 heavy (non-hydrogen) atoms. The van der Waals surface area contributed by atoms with Gasteiger partial charge in [-0.2, -0.15) is 0 Å². The fraction of sp³-hybridized carbons (Fsp3) is 0.583. The number of aromatic amines is 1. The van der Waals surface area contributed by atoms with Crippen molar-refractivity contribution in [3.8, 4) is 0 Å². The summed E-state index contributed by atoms with van der Waals surface area (Å²) in [5, 5.41) is 0. The summed E-state index contributed by atoms with van der Waals surface area (Å²) in [6.45, 7) is 5.06. The number of fused-ring (bicyclic) bond motifs is 1. The summed E-state index contributed by atoms with van der Waals surface area (Å²) in [6.07, 6.45) is 4.79. The highest BCUT2D eigenvalue weighted by atomic mass is 16.5. The zero-order valence-corrected chi connectivity index (χ0v) is 10.3. The van der Waals surface area contributed by atoms with Crippen LogP contribution in [0.25, 0.3) is 11.2 Å². The molecule has 0 saturated carbocycles. The van der Waals surface area contributed by atoms with Crippen LogP contribution in [0.4, 0.5) is 5.82 Å². The number of hydrogen-bond donors (Lipinski definition) is 1. The van der Waals surface area contributed by atoms with E-state index in [2.05, 4.69) is 31.8 Å². The van der Waals surface area contributed by atoms with Gasteiger partial charge >= 0.3 is 0 Å². The van der Waals surface area contributed by atoms with Crippen LogP contribution in [0, 0.1) is 5.41 Å². The summed E-state index contributed by atoms with van der Waals surface area (Å²) in [5.74, 6) is 0.961. The summed E-state index contributed by atoms with van der Waals surface area (Å²) in [7, 11) is 0. The van der Waals surface area contributed by atoms with E-state index in [1.807, 2.05) is 0 Å². The zero-order chi connectivity index (χ0) is 12.2. The van der Waals surface area contributed by atoms with Crippen molar-refractivity contribution in [1.82, 2.24) is 19.9 Å². The number of nitrogens with one attached hydrogen (secondary N) is 1. The first-order valence-electron chi connectivity index (χ1n) is 6.26. The van der Waals surface area contributed by atoms with Crippen LogP contribution in [-0.4, -0.2) is 45.7 Å². The van der Waals surface area contributed by atoms with Crippen molar-refractivity contribution in [2.24, 2.45) is 5.41 Å². The quantitative estimate of drug-likeness (QED) is 0.810. The van der Waals surface area contributed by atoms with Gasteiger partial charge in [0.1, 0.15) is 11.8 Å². The predicted octanol–water partition coefficient (Wildman–Crippen LogP) is 0.968. The van der Waals surface area contributed by atoms with Gasteiger partial charge in [-0.15, -0.1) is 0 Å². The van der Waals surface area contributed by atoms with E-state index in [0.717, 1.165) is 43.1 Å². The Morgan fingerprint density at radius 2 is 2.28 bits per heavy atom. The molecule has 2 aliphatic rings. The van der Waals surface area contributed by atoms with Gasteiger partial charge in [0, 0.05) is 18.5 Å². The van der Waals surface area contributed by atoms with Crippen molar-refractivity contribution in [3.05, 3.63) is 12.7 Å². The number of aromatic nitrogens is 4. The lowest BCUT2D eigenvalue weighted by atomic mass is 9.78. The second-order valence-electron chi connectivity index (χ2n) is 5.48. The Kier molecular flexibility index (Phi) is 1.94. The summed E-state index contributed by atoms with van der Waals surface area (Å²) in [4.78, 5) is 18.1. The molecule has 6 heteroatoms. The summed E-state index contributed by atoms with van der Waals surface area (Å²) >= 11 is 0. The molecule has 2 fully saturated rings. The number of imidazole rings is 1. The minimum absolute atomic E-state index is 0.344. The van der Waals surface area contributed by atoms with Crippen molar-refractivity contribution in [2.75, 3.05) is 24.6 Å². The lowest BCUT2D eigenvalue weighted by molar-refractivity contribution is 0.0962. The Balaban J connectivity index is 1.61. The number of H-pyrrole nitrogens is 1. The number of hydrogen-bond acceptors (Lipinski definition) is 5. The van der Waals surface area contributed by atoms with Crippen LogP contribution in [-0.2, 0) is 4.74 Å². The molecule has 0 amide bonds. The molecule has 4 rings (SSSR count). The molecule has 0 aliphatic carbocycles. The van der Waals surface area contributed by atoms with E-state index in [-0.39, 0.29) is 0 Å². The first kappa shape index (κ1) is 10.3. The summed E-state index contributed by atoms with van der Waals surface area (Å²) in [6, 6.07) is 0. The molecule has 2 saturated heterocycles. The molecule has 2 aromatic rings. The molecule has 0 radical (unpaired) electrons. The van der Waals surface area contributed by atoms with Crippen LogP contribution in [0.5, 0.6) is 0 Å². The molecule has 94 valence electrons. The summed E-state index contributed by atoms with van der Waals surface area (Å²) in [5.41, 5.74) is 2.01. The zero-order valence-electron chi connectivity index (χ0n) is 10.3. The van der Waals surface area contributed by atoms with Gasteiger partial charge in [-0.25, -0.2) is 15.0 Å². The number of rotatable bonds is 1. The molecule has 1 N–H and O–H groups in total. The topological polar surface area (TPSA) is 66.9 Å². The van der Waals surface area contributed by atoms with E-state index < -0.39 is 0 Å². The highest BCUT2D eigenvalue weighted by Gasteiger charge is 2.48. The van der Waals surface area contributed by atoms with E-state index in [1.54, 1.807) is 12.7 Å². The van der Waals surface area contributed by atoms with E-state index in [1.165, 1.54) is 0 Å². The number of anilines is 1. The van der Waals surface area contributed by atoms with E-state index in [0.29, 0.717) is 11.5 Å². The third-order valence-corrected chi connectivity index (χ3v) is 3.95. The molecular weight excluding hydrogens is 230 g/mol. The van der Waals surface area contributed by atoms with Crippen LogP contribution >= 0.6 is 0 Å². The first-order chi connectivity index (χ1) is 8.76. The maximum atomic E-state index is 5.69. The van der Waals surface area contributed by atoms with Crippen molar-refractivity contribution in [3.63, 3.8) is 0 Å². The Morgan fingerprint density at radius 3 is 3.06 bits per heavy atom. The molecule has 2 aliphatic heterocycles. The Morgan fingerprint density at radius 1 is 1.39 bits per heavy atom. The SMILES string of the molecule is CC1CC2(CO1)CN(c1ncnc3nc[nH]c13)C2. The smallest absolute Gasteiger partial charge is 0.182 e. The third-order valence-electron chi connectivity index (χ3n) is 3.95. The van der Waals surface area contributed by atoms with E-state index in [4.69, 9.17) is 4.74 Å². The first-order valence-corrected chi connectivity index (χ1v) is 6.26. The fourth-order valence-corrected chi connectivity index (χ4v) is 3.17. The second-order valence-corrected chi connectivity index (χ2v) is 5.48. The molecule has 0 aromatic carbocycles. The molecule has 1 unspecified atom stereocenters. The largest absolute Gasteiger partial charge is 0.378 e. The maximum Gasteiger partial charge on any atom is 0.182 e. The number of ether oxygens (including phenoxy) is 1. The van der Waals surface area contributed by atoms with Gasteiger partial charge in [-0.1, -0.05) is 0 Å². The minimum atomic E-state index is 0.344. The molecule has 1 atom stereocenters. The van der Waals surface area contributed by atoms with Crippen LogP contribution in [0.3, 0.4) is 0 Å². The lowest BCUT2D eigenvalue weighted by Gasteiger charge is -2.47. The van der Waals surface area contributed by atoms with E-state index in [9.17, 15) is 0 Å². The van der Waals surface area contributed by atoms with Gasteiger partial charge in [-0.3, -0.25) is 0 Å². The predicted molar refractivity (Wildman–Crippen MR) is 66.4 cm³/mol. The van der Waals surface area contributed by atoms with Crippen LogP contribution in [0.1, 0.15) is 13.3 Å². The van der Waals surface area contributed by atoms with Crippen molar-refractivity contribution < 1.29 is 4.74 Å². The minimum Gasteiger partial charge on any atom is -0.378 e. The van der Waals surface area contributed by atoms with Crippen molar-refractivity contribution in [1.29, 1.82) is 0 Å². The maximum absolute atomic E-state index is 5.69. The van der Waals surface area contributed by atoms with Crippen LogP contribution < -0.4 is 4.90 Å². The Labute approximate surface area is 104 Å². The van der Waals surface area contributed by atoms with Crippen LogP contribution in [0.2, 0.25) is 0 Å². The van der Waals surface area contributed by atoms with Gasteiger partial charge in [0.15, 0.2) is 11.5 Å². The lowest BCUT2D eigenvalue weighted by Crippen LogP contribution is -2.57. The highest BCUT2D eigenvalue weighted by molar-refractivity contribution is 5.83. The molecule has 2 aromatic heterocycles.